The fourth-order valence-electron chi connectivity index (χ4n) is 1.71. The summed E-state index contributed by atoms with van der Waals surface area (Å²) >= 11 is 3.39. The van der Waals surface area contributed by atoms with Gasteiger partial charge in [-0.1, -0.05) is 29.8 Å². The number of carbonyl (C=O) groups is 1. The van der Waals surface area contributed by atoms with Crippen LogP contribution in [0.5, 0.6) is 5.75 Å². The first kappa shape index (κ1) is 15.0. The Morgan fingerprint density at radius 3 is 2.67 bits per heavy atom. The molecule has 0 spiro atoms. The molecule has 0 aliphatic rings. The minimum absolute atomic E-state index is 0.0284. The fourth-order valence-corrected chi connectivity index (χ4v) is 2.12. The summed E-state index contributed by atoms with van der Waals surface area (Å²) in [6, 6.07) is 5.10. The number of ether oxygens (including phenoxy) is 1. The molecule has 1 aromatic carbocycles. The SMILES string of the molecule is COc1ccc(Br)cc1CN[C@@H](C(=O)O)C(C)C. The summed E-state index contributed by atoms with van der Waals surface area (Å²) in [6.45, 7) is 4.21. The number of rotatable bonds is 6. The first-order valence-electron chi connectivity index (χ1n) is 5.74. The maximum Gasteiger partial charge on any atom is 0.320 e. The maximum absolute atomic E-state index is 11.1. The maximum atomic E-state index is 11.1. The summed E-state index contributed by atoms with van der Waals surface area (Å²) in [6.07, 6.45) is 0. The van der Waals surface area contributed by atoms with Crippen molar-refractivity contribution in [3.8, 4) is 5.75 Å². The van der Waals surface area contributed by atoms with Crippen molar-refractivity contribution in [2.75, 3.05) is 7.11 Å². The van der Waals surface area contributed by atoms with Crippen LogP contribution in [0.2, 0.25) is 0 Å². The number of hydrogen-bond donors (Lipinski definition) is 2. The Bertz CT molecular complexity index is 421. The molecular formula is C13H18BrNO3. The molecule has 4 nitrogen and oxygen atoms in total. The van der Waals surface area contributed by atoms with E-state index in [1.807, 2.05) is 32.0 Å². The Labute approximate surface area is 115 Å². The molecule has 0 aromatic heterocycles. The van der Waals surface area contributed by atoms with E-state index >= 15 is 0 Å². The van der Waals surface area contributed by atoms with E-state index in [9.17, 15) is 4.79 Å². The van der Waals surface area contributed by atoms with Crippen molar-refractivity contribution in [2.24, 2.45) is 5.92 Å². The number of hydrogen-bond acceptors (Lipinski definition) is 3. The van der Waals surface area contributed by atoms with Crippen LogP contribution in [0.3, 0.4) is 0 Å². The van der Waals surface area contributed by atoms with E-state index in [-0.39, 0.29) is 5.92 Å². The molecule has 1 aromatic rings. The molecule has 0 saturated heterocycles. The molecule has 0 aliphatic carbocycles. The number of carboxylic acids is 1. The zero-order valence-electron chi connectivity index (χ0n) is 10.7. The van der Waals surface area contributed by atoms with Crippen LogP contribution in [0.15, 0.2) is 22.7 Å². The van der Waals surface area contributed by atoms with E-state index < -0.39 is 12.0 Å². The van der Waals surface area contributed by atoms with Gasteiger partial charge in [0.2, 0.25) is 0 Å². The summed E-state index contributed by atoms with van der Waals surface area (Å²) in [5.41, 5.74) is 0.929. The van der Waals surface area contributed by atoms with Crippen molar-refractivity contribution < 1.29 is 14.6 Å². The Balaban J connectivity index is 2.78. The first-order valence-corrected chi connectivity index (χ1v) is 6.53. The summed E-state index contributed by atoms with van der Waals surface area (Å²) in [7, 11) is 1.60. The highest BCUT2D eigenvalue weighted by molar-refractivity contribution is 9.10. The molecule has 0 bridgehead atoms. The second kappa shape index (κ2) is 6.75. The lowest BCUT2D eigenvalue weighted by Gasteiger charge is -2.19. The molecule has 100 valence electrons. The Hall–Kier alpha value is -1.07. The van der Waals surface area contributed by atoms with Gasteiger partial charge in [-0.25, -0.2) is 0 Å². The van der Waals surface area contributed by atoms with Crippen molar-refractivity contribution in [3.05, 3.63) is 28.2 Å². The van der Waals surface area contributed by atoms with Crippen molar-refractivity contribution in [1.29, 1.82) is 0 Å². The topological polar surface area (TPSA) is 58.6 Å². The van der Waals surface area contributed by atoms with Crippen LogP contribution < -0.4 is 10.1 Å². The van der Waals surface area contributed by atoms with Crippen molar-refractivity contribution in [2.45, 2.75) is 26.4 Å². The molecule has 0 saturated carbocycles. The van der Waals surface area contributed by atoms with E-state index in [0.717, 1.165) is 15.8 Å². The monoisotopic (exact) mass is 315 g/mol. The molecule has 0 fully saturated rings. The Kier molecular flexibility index (Phi) is 5.62. The highest BCUT2D eigenvalue weighted by Gasteiger charge is 2.20. The predicted octanol–water partition coefficient (Wildman–Crippen LogP) is 2.66. The van der Waals surface area contributed by atoms with Gasteiger partial charge in [0.15, 0.2) is 0 Å². The number of halogens is 1. The smallest absolute Gasteiger partial charge is 0.320 e. The van der Waals surface area contributed by atoms with Gasteiger partial charge in [0.1, 0.15) is 11.8 Å². The fraction of sp³-hybridized carbons (Fsp3) is 0.462. The predicted molar refractivity (Wildman–Crippen MR) is 73.8 cm³/mol. The first-order chi connectivity index (χ1) is 8.45. The van der Waals surface area contributed by atoms with Gasteiger partial charge >= 0.3 is 5.97 Å². The summed E-state index contributed by atoms with van der Waals surface area (Å²) in [5.74, 6) is -0.0572. The third kappa shape index (κ3) is 3.99. The Morgan fingerprint density at radius 2 is 2.17 bits per heavy atom. The van der Waals surface area contributed by atoms with Crippen LogP contribution in [0, 0.1) is 5.92 Å². The van der Waals surface area contributed by atoms with Crippen molar-refractivity contribution >= 4 is 21.9 Å². The third-order valence-electron chi connectivity index (χ3n) is 2.69. The van der Waals surface area contributed by atoms with Gasteiger partial charge in [0.25, 0.3) is 0 Å². The highest BCUT2D eigenvalue weighted by Crippen LogP contribution is 2.23. The number of carboxylic acid groups (broad SMARTS) is 1. The standard InChI is InChI=1S/C13H18BrNO3/c1-8(2)12(13(16)17)15-7-9-6-10(14)4-5-11(9)18-3/h4-6,8,12,15H,7H2,1-3H3,(H,16,17)/t12-/m1/s1. The summed E-state index contributed by atoms with van der Waals surface area (Å²) in [5, 5.41) is 12.1. The minimum Gasteiger partial charge on any atom is -0.496 e. The van der Waals surface area contributed by atoms with Crippen LogP contribution in [0.25, 0.3) is 0 Å². The normalized spacial score (nSPS) is 12.5. The zero-order chi connectivity index (χ0) is 13.7. The lowest BCUT2D eigenvalue weighted by Crippen LogP contribution is -2.40. The molecular weight excluding hydrogens is 298 g/mol. The average Bonchev–Trinajstić information content (AvgIpc) is 2.28. The van der Waals surface area contributed by atoms with Crippen LogP contribution in [0.4, 0.5) is 0 Å². The minimum atomic E-state index is -0.834. The molecule has 18 heavy (non-hydrogen) atoms. The zero-order valence-corrected chi connectivity index (χ0v) is 12.3. The molecule has 0 amide bonds. The average molecular weight is 316 g/mol. The lowest BCUT2D eigenvalue weighted by atomic mass is 10.0. The number of nitrogens with one attached hydrogen (secondary N) is 1. The van der Waals surface area contributed by atoms with E-state index in [4.69, 9.17) is 9.84 Å². The van der Waals surface area contributed by atoms with E-state index in [0.29, 0.717) is 6.54 Å². The molecule has 0 radical (unpaired) electrons. The van der Waals surface area contributed by atoms with Gasteiger partial charge in [-0.3, -0.25) is 10.1 Å². The van der Waals surface area contributed by atoms with Gasteiger partial charge in [-0.15, -0.1) is 0 Å². The molecule has 5 heteroatoms. The van der Waals surface area contributed by atoms with Gasteiger partial charge < -0.3 is 9.84 Å². The number of benzene rings is 1. The van der Waals surface area contributed by atoms with Gasteiger partial charge in [0.05, 0.1) is 7.11 Å². The quantitative estimate of drug-likeness (QED) is 0.847. The molecule has 2 N–H and O–H groups in total. The largest absolute Gasteiger partial charge is 0.496 e. The van der Waals surface area contributed by atoms with Crippen LogP contribution in [-0.2, 0) is 11.3 Å². The second-order valence-electron chi connectivity index (χ2n) is 4.40. The molecule has 0 heterocycles. The highest BCUT2D eigenvalue weighted by atomic mass is 79.9. The molecule has 0 aliphatic heterocycles. The summed E-state index contributed by atoms with van der Waals surface area (Å²) < 4.78 is 6.19. The van der Waals surface area contributed by atoms with E-state index in [2.05, 4.69) is 21.2 Å². The van der Waals surface area contributed by atoms with Crippen LogP contribution in [0.1, 0.15) is 19.4 Å². The number of methoxy groups -OCH3 is 1. The van der Waals surface area contributed by atoms with Crippen LogP contribution in [-0.4, -0.2) is 24.2 Å². The van der Waals surface area contributed by atoms with Gasteiger partial charge in [0, 0.05) is 16.6 Å². The third-order valence-corrected chi connectivity index (χ3v) is 3.18. The van der Waals surface area contributed by atoms with Gasteiger partial charge in [-0.05, 0) is 24.1 Å². The lowest BCUT2D eigenvalue weighted by molar-refractivity contribution is -0.140. The second-order valence-corrected chi connectivity index (χ2v) is 5.31. The summed E-state index contributed by atoms with van der Waals surface area (Å²) in [4.78, 5) is 11.1. The van der Waals surface area contributed by atoms with Gasteiger partial charge in [-0.2, -0.15) is 0 Å². The number of aliphatic carboxylic acids is 1. The Morgan fingerprint density at radius 1 is 1.50 bits per heavy atom. The van der Waals surface area contributed by atoms with Crippen molar-refractivity contribution in [3.63, 3.8) is 0 Å². The molecule has 0 unspecified atom stereocenters. The van der Waals surface area contributed by atoms with Crippen LogP contribution >= 0.6 is 15.9 Å². The van der Waals surface area contributed by atoms with E-state index in [1.165, 1.54) is 0 Å². The molecule has 1 atom stereocenters. The van der Waals surface area contributed by atoms with E-state index in [1.54, 1.807) is 7.11 Å². The molecule has 1 rings (SSSR count). The van der Waals surface area contributed by atoms with Crippen molar-refractivity contribution in [1.82, 2.24) is 5.32 Å².